The second-order valence-corrected chi connectivity index (χ2v) is 10.1. The molecule has 0 atom stereocenters. The van der Waals surface area contributed by atoms with Crippen LogP contribution in [0.1, 0.15) is 12.8 Å². The summed E-state index contributed by atoms with van der Waals surface area (Å²) in [5, 5.41) is 0. The van der Waals surface area contributed by atoms with Gasteiger partial charge in [-0.05, 0) is 70.1 Å². The molecule has 0 heterocycles. The minimum absolute atomic E-state index is 0.101. The molecule has 0 spiro atoms. The summed E-state index contributed by atoms with van der Waals surface area (Å²) in [5.74, 6) is -36.6. The Kier molecular flexibility index (Phi) is 13.6. The van der Waals surface area contributed by atoms with E-state index >= 15 is 0 Å². The molecule has 192 valence electrons. The number of rotatable bonds is 7. The number of hydrogen-bond acceptors (Lipinski definition) is 0. The Bertz CT molecular complexity index is 579. The van der Waals surface area contributed by atoms with Gasteiger partial charge in [0.25, 0.3) is 0 Å². The van der Waals surface area contributed by atoms with E-state index in [1.165, 1.54) is 12.8 Å². The molecular formula is C18H13Cl2F13Zr+2. The maximum atomic E-state index is 13.4. The Balaban J connectivity index is 0.00000115. The standard InChI is InChI=1S/C13H8F13.C5H5.2ClH.Zr/c14-8(15,6-5-7-3-1-2-4-7)9(16,17)10(18,19)11(20,21)12(22,23)13(24,25)26;1-2-4-5-3-1;;;/h1-4H,5-6H2;1-5H;2*1H;/q;;;;+4/p-2. The van der Waals surface area contributed by atoms with Crippen molar-refractivity contribution in [1.29, 1.82) is 0 Å². The van der Waals surface area contributed by atoms with Crippen molar-refractivity contribution in [2.75, 3.05) is 0 Å². The molecule has 10 radical (unpaired) electrons. The van der Waals surface area contributed by atoms with Crippen molar-refractivity contribution in [2.24, 2.45) is 0 Å². The molecule has 0 N–H and O–H groups in total. The Morgan fingerprint density at radius 1 is 0.529 bits per heavy atom. The van der Waals surface area contributed by atoms with Crippen molar-refractivity contribution in [3.8, 4) is 0 Å². The fraction of sp³-hybridized carbons (Fsp3) is 0.444. The average Bonchev–Trinajstić information content (AvgIpc) is 3.42. The second-order valence-electron chi connectivity index (χ2n) is 6.33. The third-order valence-electron chi connectivity index (χ3n) is 4.01. The average molecular weight is 638 g/mol. The Morgan fingerprint density at radius 3 is 1.18 bits per heavy atom. The summed E-state index contributed by atoms with van der Waals surface area (Å²) in [7, 11) is 9.87. The van der Waals surface area contributed by atoms with Crippen molar-refractivity contribution in [1.82, 2.24) is 0 Å². The molecule has 0 aliphatic heterocycles. The molecule has 0 saturated heterocycles. The van der Waals surface area contributed by atoms with Crippen LogP contribution in [0.4, 0.5) is 57.1 Å². The topological polar surface area (TPSA) is 0 Å². The van der Waals surface area contributed by atoms with Gasteiger partial charge in [-0.2, -0.15) is 57.1 Å². The molecule has 0 unspecified atom stereocenters. The van der Waals surface area contributed by atoms with Gasteiger partial charge in [0.2, 0.25) is 0 Å². The van der Waals surface area contributed by atoms with Gasteiger partial charge >= 0.3 is 73.7 Å². The zero-order valence-corrected chi connectivity index (χ0v) is 20.2. The molecule has 2 aliphatic rings. The van der Waals surface area contributed by atoms with Gasteiger partial charge in [-0.15, -0.1) is 0 Å². The van der Waals surface area contributed by atoms with Crippen LogP contribution in [0.15, 0.2) is 0 Å². The summed E-state index contributed by atoms with van der Waals surface area (Å²) in [4.78, 5) is 0. The van der Waals surface area contributed by atoms with Gasteiger partial charge in [-0.1, -0.05) is 0 Å². The van der Waals surface area contributed by atoms with Crippen LogP contribution in [-0.2, 0) is 20.8 Å². The van der Waals surface area contributed by atoms with Crippen LogP contribution >= 0.6 is 17.0 Å². The molecule has 16 heteroatoms. The van der Waals surface area contributed by atoms with Crippen molar-refractivity contribution >= 4 is 17.0 Å². The van der Waals surface area contributed by atoms with Crippen LogP contribution in [0.25, 0.3) is 0 Å². The van der Waals surface area contributed by atoms with E-state index in [0.29, 0.717) is 0 Å². The summed E-state index contributed by atoms with van der Waals surface area (Å²) in [6.45, 7) is 0. The summed E-state index contributed by atoms with van der Waals surface area (Å²) in [5.41, 5.74) is 0. The van der Waals surface area contributed by atoms with Crippen LogP contribution < -0.4 is 0 Å². The first-order valence-electron chi connectivity index (χ1n) is 8.54. The minimum atomic E-state index is -7.84. The number of hydrogen-bond donors (Lipinski definition) is 0. The van der Waals surface area contributed by atoms with Crippen LogP contribution in [0, 0.1) is 63.7 Å². The van der Waals surface area contributed by atoms with Gasteiger partial charge in [-0.25, -0.2) is 0 Å². The first-order chi connectivity index (χ1) is 15.2. The molecule has 2 aliphatic carbocycles. The summed E-state index contributed by atoms with van der Waals surface area (Å²) in [6.07, 6.45) is 3.99. The molecular weight excluding hydrogens is 625 g/mol. The van der Waals surface area contributed by atoms with E-state index in [9.17, 15) is 57.1 Å². The molecule has 0 bridgehead atoms. The van der Waals surface area contributed by atoms with E-state index < -0.39 is 69.5 Å². The molecule has 2 rings (SSSR count). The van der Waals surface area contributed by atoms with Crippen LogP contribution in [0.5, 0.6) is 0 Å². The van der Waals surface area contributed by atoms with Crippen molar-refractivity contribution in [3.05, 3.63) is 63.7 Å². The Labute approximate surface area is 207 Å². The monoisotopic (exact) mass is 636 g/mol. The van der Waals surface area contributed by atoms with Gasteiger partial charge in [0.1, 0.15) is 0 Å². The van der Waals surface area contributed by atoms with Crippen LogP contribution in [-0.4, -0.2) is 35.8 Å². The Morgan fingerprint density at radius 2 is 0.853 bits per heavy atom. The maximum absolute atomic E-state index is 13.4. The second kappa shape index (κ2) is 13.4. The van der Waals surface area contributed by atoms with Gasteiger partial charge in [0, 0.05) is 6.42 Å². The number of halogens is 15. The summed E-state index contributed by atoms with van der Waals surface area (Å²) >= 11 is -0.826. The van der Waals surface area contributed by atoms with Gasteiger partial charge < -0.3 is 0 Å². The Hall–Kier alpha value is 0.553. The molecule has 0 aromatic heterocycles. The van der Waals surface area contributed by atoms with E-state index in [2.05, 4.69) is 0 Å². The fourth-order valence-corrected chi connectivity index (χ4v) is 2.16. The van der Waals surface area contributed by atoms with Gasteiger partial charge in [0.15, 0.2) is 0 Å². The first kappa shape index (κ1) is 34.6. The van der Waals surface area contributed by atoms with E-state index in [4.69, 9.17) is 17.0 Å². The molecule has 0 aromatic carbocycles. The predicted molar refractivity (Wildman–Crippen MR) is 93.7 cm³/mol. The van der Waals surface area contributed by atoms with Crippen molar-refractivity contribution < 1.29 is 77.9 Å². The van der Waals surface area contributed by atoms with E-state index in [1.807, 2.05) is 32.1 Å². The van der Waals surface area contributed by atoms with E-state index in [-0.39, 0.29) is 5.92 Å². The molecule has 34 heavy (non-hydrogen) atoms. The van der Waals surface area contributed by atoms with Crippen LogP contribution in [0.3, 0.4) is 0 Å². The quantitative estimate of drug-likeness (QED) is 0.246. The summed E-state index contributed by atoms with van der Waals surface area (Å²) in [6, 6.07) is 0. The fourth-order valence-electron chi connectivity index (χ4n) is 2.16. The molecule has 2 fully saturated rings. The van der Waals surface area contributed by atoms with Crippen LogP contribution in [0.2, 0.25) is 0 Å². The van der Waals surface area contributed by atoms with E-state index in [1.54, 1.807) is 0 Å². The summed E-state index contributed by atoms with van der Waals surface area (Å²) < 4.78 is 167. The predicted octanol–water partition coefficient (Wildman–Crippen LogP) is 8.31. The first-order valence-corrected chi connectivity index (χ1v) is 14.9. The zero-order chi connectivity index (χ0) is 27.1. The number of alkyl halides is 13. The van der Waals surface area contributed by atoms with Crippen molar-refractivity contribution in [2.45, 2.75) is 48.6 Å². The zero-order valence-electron chi connectivity index (χ0n) is 16.3. The van der Waals surface area contributed by atoms with E-state index in [0.717, 1.165) is 12.8 Å². The molecule has 2 saturated carbocycles. The van der Waals surface area contributed by atoms with Gasteiger partial charge in [-0.3, -0.25) is 0 Å². The SMILES string of the molecule is FC(F)(F)C(F)(F)C(F)(F)C(F)(F)C(F)(F)C(F)(F)CC[C]1[CH][CH][CH][CH]1.[CH]1[CH][CH][CH][CH]1.[Cl][Zr+2][Cl]. The molecule has 0 nitrogen and oxygen atoms in total. The van der Waals surface area contributed by atoms with Gasteiger partial charge in [0.05, 0.1) is 0 Å². The third kappa shape index (κ3) is 8.02. The third-order valence-corrected chi connectivity index (χ3v) is 4.01. The molecule has 0 amide bonds. The van der Waals surface area contributed by atoms with Crippen molar-refractivity contribution in [3.63, 3.8) is 0 Å². The normalized spacial score (nSPS) is 18.6. The molecule has 0 aromatic rings.